The Morgan fingerprint density at radius 1 is 1.58 bits per heavy atom. The number of nitrogens with one attached hydrogen (secondary N) is 1. The largest absolute Gasteiger partial charge is 0.377 e. The number of hydrogen-bond donors (Lipinski definition) is 1. The predicted molar refractivity (Wildman–Crippen MR) is 75.9 cm³/mol. The molecule has 2 rings (SSSR count). The molecule has 1 unspecified atom stereocenters. The van der Waals surface area contributed by atoms with Gasteiger partial charge in [0.05, 0.1) is 11.0 Å². The van der Waals surface area contributed by atoms with Crippen LogP contribution in [-0.4, -0.2) is 46.1 Å². The summed E-state index contributed by atoms with van der Waals surface area (Å²) in [6.45, 7) is 1.74. The number of ether oxygens (including phenoxy) is 1. The van der Waals surface area contributed by atoms with E-state index in [9.17, 15) is 8.42 Å². The van der Waals surface area contributed by atoms with Crippen molar-refractivity contribution in [2.24, 2.45) is 0 Å². The number of hydrogen-bond acceptors (Lipinski definition) is 5. The molecule has 0 aromatic carbocycles. The Morgan fingerprint density at radius 2 is 2.37 bits per heavy atom. The third-order valence-electron chi connectivity index (χ3n) is 3.21. The van der Waals surface area contributed by atoms with Gasteiger partial charge in [-0.05, 0) is 31.3 Å². The molecule has 0 saturated carbocycles. The van der Waals surface area contributed by atoms with Crippen LogP contribution in [0.4, 0.5) is 0 Å². The van der Waals surface area contributed by atoms with Gasteiger partial charge in [0.2, 0.25) is 10.0 Å². The molecule has 1 atom stereocenters. The Labute approximate surface area is 118 Å². The number of rotatable bonds is 6. The van der Waals surface area contributed by atoms with E-state index in [1.54, 1.807) is 13.1 Å². The van der Waals surface area contributed by atoms with E-state index in [4.69, 9.17) is 4.74 Å². The van der Waals surface area contributed by atoms with Crippen molar-refractivity contribution >= 4 is 21.4 Å². The summed E-state index contributed by atoms with van der Waals surface area (Å²) in [6, 6.07) is 1.68. The van der Waals surface area contributed by atoms with Gasteiger partial charge in [-0.3, -0.25) is 0 Å². The molecule has 0 spiro atoms. The predicted octanol–water partition coefficient (Wildman–Crippen LogP) is 1.27. The summed E-state index contributed by atoms with van der Waals surface area (Å²) in [4.78, 5) is 1.26. The van der Waals surface area contributed by atoms with Gasteiger partial charge in [0.1, 0.15) is 0 Å². The Morgan fingerprint density at radius 3 is 3.00 bits per heavy atom. The lowest BCUT2D eigenvalue weighted by atomic mass is 10.2. The van der Waals surface area contributed by atoms with Gasteiger partial charge in [0, 0.05) is 31.6 Å². The summed E-state index contributed by atoms with van der Waals surface area (Å²) in [5.74, 6) is 0. The molecule has 0 radical (unpaired) electrons. The molecule has 2 heterocycles. The van der Waals surface area contributed by atoms with Crippen LogP contribution in [0.25, 0.3) is 0 Å². The first-order valence-electron chi connectivity index (χ1n) is 6.34. The molecule has 1 aliphatic rings. The van der Waals surface area contributed by atoms with Gasteiger partial charge in [-0.15, -0.1) is 11.3 Å². The van der Waals surface area contributed by atoms with Crippen LogP contribution < -0.4 is 5.32 Å². The molecule has 0 bridgehead atoms. The Bertz CT molecular complexity index is 507. The number of likely N-dealkylation sites (N-methyl/N-ethyl adjacent to an activating group) is 1. The quantitative estimate of drug-likeness (QED) is 0.860. The highest BCUT2D eigenvalue weighted by Gasteiger charge is 2.28. The molecule has 0 aliphatic carbocycles. The van der Waals surface area contributed by atoms with Crippen molar-refractivity contribution in [1.29, 1.82) is 0 Å². The molecule has 1 aromatic rings. The molecule has 0 amide bonds. The zero-order chi connectivity index (χ0) is 13.9. The molecule has 108 valence electrons. The van der Waals surface area contributed by atoms with Crippen molar-refractivity contribution in [3.05, 3.63) is 16.3 Å². The first-order chi connectivity index (χ1) is 9.05. The normalized spacial score (nSPS) is 20.3. The molecule has 1 aromatic heterocycles. The van der Waals surface area contributed by atoms with Crippen LogP contribution in [0.15, 0.2) is 16.3 Å². The minimum Gasteiger partial charge on any atom is -0.377 e. The van der Waals surface area contributed by atoms with Crippen molar-refractivity contribution in [2.75, 3.05) is 27.2 Å². The Balaban J connectivity index is 2.13. The van der Waals surface area contributed by atoms with Crippen LogP contribution >= 0.6 is 11.3 Å². The fourth-order valence-electron chi connectivity index (χ4n) is 2.19. The molecule has 1 aliphatic heterocycles. The summed E-state index contributed by atoms with van der Waals surface area (Å²) in [5.41, 5.74) is 0. The van der Waals surface area contributed by atoms with E-state index < -0.39 is 10.0 Å². The molecular weight excluding hydrogens is 284 g/mol. The van der Waals surface area contributed by atoms with E-state index in [1.807, 2.05) is 12.4 Å². The molecule has 5 nitrogen and oxygen atoms in total. The standard InChI is InChI=1S/C12H20N2O3S2/c1-13-8-11-12(5-7-18-11)19(15,16)14(2)9-10-4-3-6-17-10/h5,7,10,13H,3-4,6,8-9H2,1-2H3. The van der Waals surface area contributed by atoms with E-state index in [0.717, 1.165) is 24.3 Å². The summed E-state index contributed by atoms with van der Waals surface area (Å²) >= 11 is 1.46. The van der Waals surface area contributed by atoms with Gasteiger partial charge in [-0.1, -0.05) is 0 Å². The highest BCUT2D eigenvalue weighted by atomic mass is 32.2. The second-order valence-electron chi connectivity index (χ2n) is 4.66. The molecule has 1 saturated heterocycles. The summed E-state index contributed by atoms with van der Waals surface area (Å²) in [5, 5.41) is 4.82. The van der Waals surface area contributed by atoms with Crippen LogP contribution in [0.2, 0.25) is 0 Å². The van der Waals surface area contributed by atoms with E-state index >= 15 is 0 Å². The lowest BCUT2D eigenvalue weighted by Crippen LogP contribution is -2.34. The fourth-order valence-corrected chi connectivity index (χ4v) is 4.81. The van der Waals surface area contributed by atoms with Crippen molar-refractivity contribution in [1.82, 2.24) is 9.62 Å². The second-order valence-corrected chi connectivity index (χ2v) is 7.67. The maximum Gasteiger partial charge on any atom is 0.244 e. The number of nitrogens with zero attached hydrogens (tertiary/aromatic N) is 1. The van der Waals surface area contributed by atoms with Gasteiger partial charge in [-0.25, -0.2) is 8.42 Å². The highest BCUT2D eigenvalue weighted by Crippen LogP contribution is 2.25. The zero-order valence-electron chi connectivity index (χ0n) is 11.3. The van der Waals surface area contributed by atoms with Crippen LogP contribution in [0.1, 0.15) is 17.7 Å². The lowest BCUT2D eigenvalue weighted by molar-refractivity contribution is 0.0979. The molecule has 1 N–H and O–H groups in total. The van der Waals surface area contributed by atoms with Crippen LogP contribution in [0.3, 0.4) is 0 Å². The van der Waals surface area contributed by atoms with E-state index in [-0.39, 0.29) is 6.10 Å². The molecular formula is C12H20N2O3S2. The van der Waals surface area contributed by atoms with Gasteiger partial charge >= 0.3 is 0 Å². The average Bonchev–Trinajstić information content (AvgIpc) is 3.00. The second kappa shape index (κ2) is 6.32. The maximum absolute atomic E-state index is 12.5. The summed E-state index contributed by atoms with van der Waals surface area (Å²) in [7, 11) is 0.0223. The van der Waals surface area contributed by atoms with Gasteiger partial charge in [0.25, 0.3) is 0 Å². The summed E-state index contributed by atoms with van der Waals surface area (Å²) in [6.07, 6.45) is 1.99. The van der Waals surface area contributed by atoms with Crippen LogP contribution in [-0.2, 0) is 21.3 Å². The lowest BCUT2D eigenvalue weighted by Gasteiger charge is -2.20. The first-order valence-corrected chi connectivity index (χ1v) is 8.66. The van der Waals surface area contributed by atoms with Crippen molar-refractivity contribution < 1.29 is 13.2 Å². The maximum atomic E-state index is 12.5. The van der Waals surface area contributed by atoms with Gasteiger partial charge in [-0.2, -0.15) is 4.31 Å². The third kappa shape index (κ3) is 3.35. The third-order valence-corrected chi connectivity index (χ3v) is 6.17. The first kappa shape index (κ1) is 14.9. The molecule has 1 fully saturated rings. The Kier molecular flexibility index (Phi) is 4.97. The van der Waals surface area contributed by atoms with E-state index in [2.05, 4.69) is 5.32 Å². The van der Waals surface area contributed by atoms with Crippen molar-refractivity contribution in [3.8, 4) is 0 Å². The number of sulfonamides is 1. The monoisotopic (exact) mass is 304 g/mol. The van der Waals surface area contributed by atoms with Crippen LogP contribution in [0, 0.1) is 0 Å². The highest BCUT2D eigenvalue weighted by molar-refractivity contribution is 7.89. The van der Waals surface area contributed by atoms with Crippen molar-refractivity contribution in [3.63, 3.8) is 0 Å². The minimum absolute atomic E-state index is 0.0335. The minimum atomic E-state index is -3.41. The molecule has 19 heavy (non-hydrogen) atoms. The summed E-state index contributed by atoms with van der Waals surface area (Å²) < 4.78 is 32.0. The van der Waals surface area contributed by atoms with E-state index in [0.29, 0.717) is 18.0 Å². The van der Waals surface area contributed by atoms with E-state index in [1.165, 1.54) is 15.6 Å². The fraction of sp³-hybridized carbons (Fsp3) is 0.667. The van der Waals surface area contributed by atoms with Crippen LogP contribution in [0.5, 0.6) is 0 Å². The van der Waals surface area contributed by atoms with Gasteiger partial charge < -0.3 is 10.1 Å². The van der Waals surface area contributed by atoms with Gasteiger partial charge in [0.15, 0.2) is 0 Å². The SMILES string of the molecule is CNCc1sccc1S(=O)(=O)N(C)CC1CCCO1. The zero-order valence-corrected chi connectivity index (χ0v) is 12.9. The Hall–Kier alpha value is -0.470. The van der Waals surface area contributed by atoms with Crippen molar-refractivity contribution in [2.45, 2.75) is 30.4 Å². The average molecular weight is 304 g/mol. The smallest absolute Gasteiger partial charge is 0.244 e. The topological polar surface area (TPSA) is 58.6 Å². The molecule has 7 heteroatoms. The number of thiophene rings is 1.